The maximum Gasteiger partial charge on any atom is 0.307 e. The summed E-state index contributed by atoms with van der Waals surface area (Å²) in [6.07, 6.45) is -0.0396. The summed E-state index contributed by atoms with van der Waals surface area (Å²) in [5.41, 5.74) is 1.83. The summed E-state index contributed by atoms with van der Waals surface area (Å²) in [6, 6.07) is 14.8. The first kappa shape index (κ1) is 12.2. The fourth-order valence-electron chi connectivity index (χ4n) is 1.65. The number of benzene rings is 2. The van der Waals surface area contributed by atoms with E-state index < -0.39 is 5.97 Å². The molecule has 2 aromatic carbocycles. The highest BCUT2D eigenvalue weighted by Crippen LogP contribution is 2.25. The molecule has 0 atom stereocenters. The van der Waals surface area contributed by atoms with Crippen LogP contribution in [-0.4, -0.2) is 11.1 Å². The van der Waals surface area contributed by atoms with Crippen molar-refractivity contribution in [3.8, 4) is 11.5 Å². The van der Waals surface area contributed by atoms with Crippen LogP contribution in [0.5, 0.6) is 11.5 Å². The predicted molar refractivity (Wildman–Crippen MR) is 69.0 cm³/mol. The Morgan fingerprint density at radius 1 is 1.11 bits per heavy atom. The van der Waals surface area contributed by atoms with E-state index in [0.717, 1.165) is 5.56 Å². The molecule has 3 nitrogen and oxygen atoms in total. The monoisotopic (exact) mass is 242 g/mol. The first-order valence-corrected chi connectivity index (χ1v) is 5.69. The Hall–Kier alpha value is -2.29. The van der Waals surface area contributed by atoms with Gasteiger partial charge in [0.1, 0.15) is 11.5 Å². The van der Waals surface area contributed by atoms with Gasteiger partial charge in [-0.1, -0.05) is 35.9 Å². The normalized spacial score (nSPS) is 10.1. The lowest BCUT2D eigenvalue weighted by atomic mass is 10.1. The summed E-state index contributed by atoms with van der Waals surface area (Å²) in [4.78, 5) is 10.8. The van der Waals surface area contributed by atoms with Crippen LogP contribution >= 0.6 is 0 Å². The summed E-state index contributed by atoms with van der Waals surface area (Å²) in [6.45, 7) is 2.00. The Labute approximate surface area is 106 Å². The van der Waals surface area contributed by atoms with Crippen LogP contribution in [-0.2, 0) is 11.2 Å². The average molecular weight is 242 g/mol. The minimum Gasteiger partial charge on any atom is -0.481 e. The van der Waals surface area contributed by atoms with Gasteiger partial charge in [-0.05, 0) is 25.1 Å². The molecule has 0 spiro atoms. The number of hydrogen-bond donors (Lipinski definition) is 1. The summed E-state index contributed by atoms with van der Waals surface area (Å²) in [5.74, 6) is 0.428. The topological polar surface area (TPSA) is 46.5 Å². The molecule has 1 N–H and O–H groups in total. The van der Waals surface area contributed by atoms with Crippen LogP contribution < -0.4 is 4.74 Å². The molecule has 2 rings (SSSR count). The lowest BCUT2D eigenvalue weighted by Crippen LogP contribution is -2.01. The second-order valence-corrected chi connectivity index (χ2v) is 4.09. The van der Waals surface area contributed by atoms with E-state index in [-0.39, 0.29) is 6.42 Å². The summed E-state index contributed by atoms with van der Waals surface area (Å²) in [7, 11) is 0. The summed E-state index contributed by atoms with van der Waals surface area (Å²) in [5, 5.41) is 8.84. The molecule has 0 unspecified atom stereocenters. The van der Waals surface area contributed by atoms with E-state index >= 15 is 0 Å². The highest BCUT2D eigenvalue weighted by Gasteiger charge is 2.07. The molecule has 18 heavy (non-hydrogen) atoms. The van der Waals surface area contributed by atoms with Crippen LogP contribution in [0.15, 0.2) is 48.5 Å². The van der Waals surface area contributed by atoms with Gasteiger partial charge < -0.3 is 9.84 Å². The first-order valence-electron chi connectivity index (χ1n) is 5.69. The predicted octanol–water partition coefficient (Wildman–Crippen LogP) is 3.41. The molecule has 0 radical (unpaired) electrons. The quantitative estimate of drug-likeness (QED) is 0.893. The maximum atomic E-state index is 10.8. The van der Waals surface area contributed by atoms with Crippen molar-refractivity contribution >= 4 is 5.97 Å². The van der Waals surface area contributed by atoms with E-state index in [9.17, 15) is 4.79 Å². The Bertz CT molecular complexity index is 544. The van der Waals surface area contributed by atoms with Gasteiger partial charge in [-0.3, -0.25) is 4.79 Å². The smallest absolute Gasteiger partial charge is 0.307 e. The Morgan fingerprint density at radius 3 is 2.44 bits per heavy atom. The zero-order valence-corrected chi connectivity index (χ0v) is 10.1. The zero-order valence-electron chi connectivity index (χ0n) is 10.1. The molecule has 0 bridgehead atoms. The molecule has 0 aliphatic carbocycles. The third kappa shape index (κ3) is 3.10. The number of rotatable bonds is 4. The number of aliphatic carboxylic acids is 1. The molecule has 0 aromatic heterocycles. The molecule has 0 aliphatic heterocycles. The van der Waals surface area contributed by atoms with Crippen LogP contribution in [0.1, 0.15) is 11.1 Å². The fraction of sp³-hybridized carbons (Fsp3) is 0.133. The van der Waals surface area contributed by atoms with Crippen molar-refractivity contribution in [2.45, 2.75) is 13.3 Å². The fourth-order valence-corrected chi connectivity index (χ4v) is 1.65. The number of carboxylic acids is 1. The van der Waals surface area contributed by atoms with Crippen molar-refractivity contribution in [1.29, 1.82) is 0 Å². The standard InChI is InChI=1S/C15H14O3/c1-11-6-8-13(9-7-11)18-14-5-3-2-4-12(14)10-15(16)17/h2-9H,10H2,1H3,(H,16,17). The SMILES string of the molecule is Cc1ccc(Oc2ccccc2CC(=O)O)cc1. The van der Waals surface area contributed by atoms with Crippen molar-refractivity contribution < 1.29 is 14.6 Å². The van der Waals surface area contributed by atoms with Crippen molar-refractivity contribution in [2.24, 2.45) is 0 Å². The van der Waals surface area contributed by atoms with Crippen molar-refractivity contribution in [1.82, 2.24) is 0 Å². The largest absolute Gasteiger partial charge is 0.481 e. The van der Waals surface area contributed by atoms with Crippen molar-refractivity contribution in [3.63, 3.8) is 0 Å². The zero-order chi connectivity index (χ0) is 13.0. The number of para-hydroxylation sites is 1. The second-order valence-electron chi connectivity index (χ2n) is 4.09. The number of aryl methyl sites for hydroxylation is 1. The molecule has 0 fully saturated rings. The highest BCUT2D eigenvalue weighted by atomic mass is 16.5. The van der Waals surface area contributed by atoms with Gasteiger partial charge in [0.15, 0.2) is 0 Å². The molecular formula is C15H14O3. The number of hydrogen-bond acceptors (Lipinski definition) is 2. The molecule has 92 valence electrons. The Kier molecular flexibility index (Phi) is 3.63. The van der Waals surface area contributed by atoms with Gasteiger partial charge in [0.2, 0.25) is 0 Å². The highest BCUT2D eigenvalue weighted by molar-refractivity contribution is 5.71. The summed E-state index contributed by atoms with van der Waals surface area (Å²) < 4.78 is 5.70. The molecule has 2 aromatic rings. The van der Waals surface area contributed by atoms with Crippen LogP contribution in [0.2, 0.25) is 0 Å². The van der Waals surface area contributed by atoms with Crippen LogP contribution in [0.25, 0.3) is 0 Å². The van der Waals surface area contributed by atoms with Crippen molar-refractivity contribution in [2.75, 3.05) is 0 Å². The number of carbonyl (C=O) groups is 1. The van der Waals surface area contributed by atoms with Gasteiger partial charge in [0.05, 0.1) is 6.42 Å². The minimum atomic E-state index is -0.866. The van der Waals surface area contributed by atoms with Gasteiger partial charge in [0.25, 0.3) is 0 Å². The molecular weight excluding hydrogens is 228 g/mol. The van der Waals surface area contributed by atoms with E-state index in [1.807, 2.05) is 37.3 Å². The molecule has 0 amide bonds. The molecule has 0 saturated carbocycles. The third-order valence-electron chi connectivity index (χ3n) is 2.56. The van der Waals surface area contributed by atoms with E-state index in [2.05, 4.69) is 0 Å². The van der Waals surface area contributed by atoms with Gasteiger partial charge in [-0.25, -0.2) is 0 Å². The third-order valence-corrected chi connectivity index (χ3v) is 2.56. The van der Waals surface area contributed by atoms with E-state index in [1.165, 1.54) is 0 Å². The Balaban J connectivity index is 2.23. The molecule has 0 heterocycles. The second kappa shape index (κ2) is 5.36. The van der Waals surface area contributed by atoms with Crippen LogP contribution in [0.3, 0.4) is 0 Å². The van der Waals surface area contributed by atoms with Gasteiger partial charge in [0, 0.05) is 5.56 Å². The van der Waals surface area contributed by atoms with Crippen LogP contribution in [0.4, 0.5) is 0 Å². The van der Waals surface area contributed by atoms with Crippen LogP contribution in [0, 0.1) is 6.92 Å². The van der Waals surface area contributed by atoms with E-state index in [4.69, 9.17) is 9.84 Å². The number of carboxylic acid groups (broad SMARTS) is 1. The molecule has 0 saturated heterocycles. The van der Waals surface area contributed by atoms with E-state index in [1.54, 1.807) is 18.2 Å². The average Bonchev–Trinajstić information content (AvgIpc) is 2.34. The van der Waals surface area contributed by atoms with Gasteiger partial charge in [-0.2, -0.15) is 0 Å². The summed E-state index contributed by atoms with van der Waals surface area (Å²) >= 11 is 0. The lowest BCUT2D eigenvalue weighted by molar-refractivity contribution is -0.136. The molecule has 0 aliphatic rings. The number of ether oxygens (including phenoxy) is 1. The minimum absolute atomic E-state index is 0.0396. The molecule has 3 heteroatoms. The first-order chi connectivity index (χ1) is 8.65. The lowest BCUT2D eigenvalue weighted by Gasteiger charge is -2.09. The van der Waals surface area contributed by atoms with Gasteiger partial charge >= 0.3 is 5.97 Å². The van der Waals surface area contributed by atoms with Crippen molar-refractivity contribution in [3.05, 3.63) is 59.7 Å². The van der Waals surface area contributed by atoms with E-state index in [0.29, 0.717) is 17.1 Å². The van der Waals surface area contributed by atoms with Gasteiger partial charge in [-0.15, -0.1) is 0 Å². The maximum absolute atomic E-state index is 10.8. The Morgan fingerprint density at radius 2 is 1.78 bits per heavy atom.